The third-order valence-electron chi connectivity index (χ3n) is 4.87. The van der Waals surface area contributed by atoms with Crippen LogP contribution in [0.25, 0.3) is 0 Å². The van der Waals surface area contributed by atoms with Crippen LogP contribution in [0, 0.1) is 5.82 Å². The molecule has 1 aliphatic heterocycles. The molecule has 5 heteroatoms. The van der Waals surface area contributed by atoms with E-state index in [1.807, 2.05) is 30.3 Å². The van der Waals surface area contributed by atoms with Crippen LogP contribution in [0.3, 0.4) is 0 Å². The van der Waals surface area contributed by atoms with Crippen molar-refractivity contribution in [1.29, 1.82) is 0 Å². The summed E-state index contributed by atoms with van der Waals surface area (Å²) >= 11 is 0. The quantitative estimate of drug-likeness (QED) is 0.730. The van der Waals surface area contributed by atoms with Gasteiger partial charge in [0.15, 0.2) is 11.6 Å². The van der Waals surface area contributed by atoms with Gasteiger partial charge < -0.3 is 9.47 Å². The number of carbonyl (C=O) groups excluding carboxylic acids is 1. The van der Waals surface area contributed by atoms with Crippen molar-refractivity contribution in [3.8, 4) is 5.75 Å². The van der Waals surface area contributed by atoms with E-state index in [1.165, 1.54) is 13.2 Å². The molecule has 1 saturated heterocycles. The van der Waals surface area contributed by atoms with Gasteiger partial charge in [0, 0.05) is 6.04 Å². The highest BCUT2D eigenvalue weighted by molar-refractivity contribution is 5.77. The zero-order valence-electron chi connectivity index (χ0n) is 15.2. The van der Waals surface area contributed by atoms with Crippen LogP contribution in [-0.2, 0) is 16.1 Å². The Kier molecular flexibility index (Phi) is 5.89. The Balaban J connectivity index is 1.78. The molecular weight excluding hydrogens is 333 g/mol. The van der Waals surface area contributed by atoms with Gasteiger partial charge in [0.25, 0.3) is 0 Å². The average Bonchev–Trinajstić information content (AvgIpc) is 3.07. The van der Waals surface area contributed by atoms with Crippen LogP contribution in [-0.4, -0.2) is 30.6 Å². The average molecular weight is 357 g/mol. The first kappa shape index (κ1) is 18.4. The minimum absolute atomic E-state index is 0.177. The minimum atomic E-state index is -0.588. The highest BCUT2D eigenvalue weighted by atomic mass is 19.1. The van der Waals surface area contributed by atoms with Crippen LogP contribution >= 0.6 is 0 Å². The molecule has 0 radical (unpaired) electrons. The predicted octanol–water partition coefficient (Wildman–Crippen LogP) is 4.10. The summed E-state index contributed by atoms with van der Waals surface area (Å²) < 4.78 is 25.1. The van der Waals surface area contributed by atoms with Gasteiger partial charge in [-0.1, -0.05) is 36.4 Å². The Morgan fingerprint density at radius 2 is 2.04 bits per heavy atom. The summed E-state index contributed by atoms with van der Waals surface area (Å²) in [6.45, 7) is 3.17. The summed E-state index contributed by atoms with van der Waals surface area (Å²) in [4.78, 5) is 14.4. The molecule has 3 rings (SSSR count). The smallest absolute Gasteiger partial charge is 0.327 e. The van der Waals surface area contributed by atoms with Crippen molar-refractivity contribution in [2.24, 2.45) is 0 Å². The largest absolute Gasteiger partial charge is 0.486 e. The molecule has 0 saturated carbocycles. The molecule has 0 aromatic heterocycles. The molecule has 2 aromatic rings. The van der Waals surface area contributed by atoms with Gasteiger partial charge in [-0.3, -0.25) is 4.90 Å². The lowest BCUT2D eigenvalue weighted by Crippen LogP contribution is -2.37. The van der Waals surface area contributed by atoms with Crippen molar-refractivity contribution in [2.75, 3.05) is 13.7 Å². The summed E-state index contributed by atoms with van der Waals surface area (Å²) in [5.41, 5.74) is 1.56. The van der Waals surface area contributed by atoms with E-state index >= 15 is 0 Å². The molecule has 0 N–H and O–H groups in total. The van der Waals surface area contributed by atoms with Gasteiger partial charge in [-0.25, -0.2) is 9.18 Å². The van der Waals surface area contributed by atoms with Crippen LogP contribution in [0.15, 0.2) is 48.5 Å². The maximum atomic E-state index is 14.6. The predicted molar refractivity (Wildman–Crippen MR) is 97.3 cm³/mol. The molecular formula is C21H24FNO3. The topological polar surface area (TPSA) is 38.8 Å². The van der Waals surface area contributed by atoms with Crippen molar-refractivity contribution < 1.29 is 18.7 Å². The van der Waals surface area contributed by atoms with Crippen LogP contribution in [0.4, 0.5) is 4.39 Å². The molecule has 4 nitrogen and oxygen atoms in total. The molecule has 0 spiro atoms. The maximum absolute atomic E-state index is 14.6. The fourth-order valence-corrected chi connectivity index (χ4v) is 3.45. The number of esters is 1. The van der Waals surface area contributed by atoms with Crippen LogP contribution in [0.1, 0.15) is 36.9 Å². The van der Waals surface area contributed by atoms with Gasteiger partial charge in [-0.2, -0.15) is 0 Å². The van der Waals surface area contributed by atoms with E-state index < -0.39 is 11.9 Å². The first-order valence-corrected chi connectivity index (χ1v) is 8.90. The first-order chi connectivity index (χ1) is 12.6. The lowest BCUT2D eigenvalue weighted by molar-refractivity contribution is -0.147. The van der Waals surface area contributed by atoms with Gasteiger partial charge in [-0.15, -0.1) is 0 Å². The third-order valence-corrected chi connectivity index (χ3v) is 4.87. The molecule has 1 heterocycles. The minimum Gasteiger partial charge on any atom is -0.486 e. The number of halogens is 1. The summed E-state index contributed by atoms with van der Waals surface area (Å²) in [7, 11) is 1.36. The Morgan fingerprint density at radius 3 is 2.65 bits per heavy atom. The summed E-state index contributed by atoms with van der Waals surface area (Å²) in [5.74, 6) is -0.661. The van der Waals surface area contributed by atoms with E-state index in [0.717, 1.165) is 24.9 Å². The number of methoxy groups -OCH3 is 1. The standard InChI is InChI=1S/C21H24FNO3/c1-15-7-6-12-23(15)20(21(24)25-2)17-10-11-19(18(22)13-17)26-14-16-8-4-3-5-9-16/h3-5,8-11,13,15,20H,6-7,12,14H2,1-2H3/t15-,20-/m1/s1. The van der Waals surface area contributed by atoms with Crippen LogP contribution < -0.4 is 4.74 Å². The molecule has 138 valence electrons. The molecule has 0 unspecified atom stereocenters. The normalized spacial score (nSPS) is 18.5. The lowest BCUT2D eigenvalue weighted by atomic mass is 10.0. The monoisotopic (exact) mass is 357 g/mol. The van der Waals surface area contributed by atoms with Crippen LogP contribution in [0.2, 0.25) is 0 Å². The lowest BCUT2D eigenvalue weighted by Gasteiger charge is -2.29. The second-order valence-electron chi connectivity index (χ2n) is 6.62. The molecule has 0 amide bonds. The molecule has 2 aromatic carbocycles. The fraction of sp³-hybridized carbons (Fsp3) is 0.381. The summed E-state index contributed by atoms with van der Waals surface area (Å²) in [6.07, 6.45) is 2.05. The highest BCUT2D eigenvalue weighted by Gasteiger charge is 2.35. The van der Waals surface area contributed by atoms with E-state index in [1.54, 1.807) is 12.1 Å². The molecule has 2 atom stereocenters. The fourth-order valence-electron chi connectivity index (χ4n) is 3.45. The number of ether oxygens (including phenoxy) is 2. The Bertz CT molecular complexity index is 750. The number of carbonyl (C=O) groups is 1. The number of likely N-dealkylation sites (tertiary alicyclic amines) is 1. The second-order valence-corrected chi connectivity index (χ2v) is 6.62. The number of hydrogen-bond acceptors (Lipinski definition) is 4. The summed E-state index contributed by atoms with van der Waals surface area (Å²) in [6, 6.07) is 14.0. The SMILES string of the molecule is COC(=O)[C@@H](c1ccc(OCc2ccccc2)c(F)c1)N1CCC[C@H]1C. The van der Waals surface area contributed by atoms with Crippen molar-refractivity contribution in [2.45, 2.75) is 38.5 Å². The third kappa shape index (κ3) is 4.05. The number of benzene rings is 2. The van der Waals surface area contributed by atoms with E-state index in [-0.39, 0.29) is 17.8 Å². The van der Waals surface area contributed by atoms with Crippen LogP contribution in [0.5, 0.6) is 5.75 Å². The van der Waals surface area contributed by atoms with E-state index in [2.05, 4.69) is 11.8 Å². The molecule has 0 aliphatic carbocycles. The Labute approximate surface area is 153 Å². The van der Waals surface area contributed by atoms with Crippen molar-refractivity contribution >= 4 is 5.97 Å². The van der Waals surface area contributed by atoms with E-state index in [0.29, 0.717) is 12.2 Å². The Morgan fingerprint density at radius 1 is 1.27 bits per heavy atom. The van der Waals surface area contributed by atoms with Gasteiger partial charge >= 0.3 is 5.97 Å². The summed E-state index contributed by atoms with van der Waals surface area (Å²) in [5, 5.41) is 0. The highest BCUT2D eigenvalue weighted by Crippen LogP contribution is 2.32. The number of nitrogens with zero attached hydrogens (tertiary/aromatic N) is 1. The molecule has 1 fully saturated rings. The molecule has 0 bridgehead atoms. The van der Waals surface area contributed by atoms with E-state index in [9.17, 15) is 9.18 Å². The van der Waals surface area contributed by atoms with E-state index in [4.69, 9.17) is 9.47 Å². The van der Waals surface area contributed by atoms with Gasteiger partial charge in [0.1, 0.15) is 12.6 Å². The van der Waals surface area contributed by atoms with Crippen molar-refractivity contribution in [3.05, 3.63) is 65.5 Å². The first-order valence-electron chi connectivity index (χ1n) is 8.90. The van der Waals surface area contributed by atoms with Gasteiger partial charge in [-0.05, 0) is 49.6 Å². The van der Waals surface area contributed by atoms with Crippen molar-refractivity contribution in [3.63, 3.8) is 0 Å². The van der Waals surface area contributed by atoms with Crippen molar-refractivity contribution in [1.82, 2.24) is 4.90 Å². The van der Waals surface area contributed by atoms with Gasteiger partial charge in [0.2, 0.25) is 0 Å². The maximum Gasteiger partial charge on any atom is 0.327 e. The number of hydrogen-bond donors (Lipinski definition) is 0. The zero-order valence-corrected chi connectivity index (χ0v) is 15.2. The molecule has 1 aliphatic rings. The zero-order chi connectivity index (χ0) is 18.5. The second kappa shape index (κ2) is 8.32. The molecule has 26 heavy (non-hydrogen) atoms. The number of rotatable bonds is 6. The van der Waals surface area contributed by atoms with Gasteiger partial charge in [0.05, 0.1) is 7.11 Å². The Hall–Kier alpha value is -2.40.